The maximum atomic E-state index is 13.2. The van der Waals surface area contributed by atoms with E-state index in [1.165, 1.54) is 25.3 Å². The van der Waals surface area contributed by atoms with Crippen LogP contribution in [0.25, 0.3) is 0 Å². The van der Waals surface area contributed by atoms with Gasteiger partial charge in [0.05, 0.1) is 24.2 Å². The van der Waals surface area contributed by atoms with Crippen LogP contribution in [0.3, 0.4) is 0 Å². The number of hydrogen-bond donors (Lipinski definition) is 3. The summed E-state index contributed by atoms with van der Waals surface area (Å²) in [4.78, 5) is 39.4. The second-order valence-corrected chi connectivity index (χ2v) is 21.8. The SMILES string of the molecule is C/C=C(/C)C(=O)O[C@@H]1C(O)[C@H](O[C@H]2[C@H](OC(C)=O)[C@@]3(CO)C(CC2(C)C)C2=CCC4[C@@]5(C)CC[C@H](C)C(C)(C)C5CC[C@@]4(C)[C@]2(C)C[C@H]3O)OC(C)[C@@H]1OC(=O)/C(C)=C\C. The second kappa shape index (κ2) is 16.2. The van der Waals surface area contributed by atoms with Gasteiger partial charge < -0.3 is 39.0 Å². The molecule has 0 aromatic heterocycles. The van der Waals surface area contributed by atoms with Gasteiger partial charge in [0.1, 0.15) is 18.3 Å². The van der Waals surface area contributed by atoms with Gasteiger partial charge in [-0.05, 0) is 130 Å². The van der Waals surface area contributed by atoms with E-state index in [1.807, 2.05) is 13.8 Å². The summed E-state index contributed by atoms with van der Waals surface area (Å²) in [5, 5.41) is 36.6. The lowest BCUT2D eigenvalue weighted by atomic mass is 9.32. The van der Waals surface area contributed by atoms with Crippen molar-refractivity contribution in [3.8, 4) is 0 Å². The highest BCUT2D eigenvalue weighted by molar-refractivity contribution is 5.88. The average Bonchev–Trinajstić information content (AvgIpc) is 3.17. The number of ether oxygens (including phenoxy) is 5. The van der Waals surface area contributed by atoms with Crippen molar-refractivity contribution in [2.45, 2.75) is 191 Å². The molecular formula is C49H76O11. The van der Waals surface area contributed by atoms with Crippen molar-refractivity contribution in [3.05, 3.63) is 34.9 Å². The minimum Gasteiger partial charge on any atom is -0.459 e. The number of aliphatic hydroxyl groups excluding tert-OH is 3. The third kappa shape index (κ3) is 7.07. The van der Waals surface area contributed by atoms with E-state index in [1.54, 1.807) is 46.8 Å². The highest BCUT2D eigenvalue weighted by atomic mass is 16.7. The summed E-state index contributed by atoms with van der Waals surface area (Å²) in [5.41, 5.74) is -0.380. The number of carbonyl (C=O) groups excluding carboxylic acids is 3. The zero-order chi connectivity index (χ0) is 44.7. The van der Waals surface area contributed by atoms with E-state index in [4.69, 9.17) is 23.7 Å². The van der Waals surface area contributed by atoms with E-state index >= 15 is 0 Å². The van der Waals surface area contributed by atoms with Gasteiger partial charge in [0.25, 0.3) is 0 Å². The molecule has 3 N–H and O–H groups in total. The van der Waals surface area contributed by atoms with Gasteiger partial charge >= 0.3 is 17.9 Å². The lowest BCUT2D eigenvalue weighted by Crippen LogP contribution is -2.73. The Morgan fingerprint density at radius 3 is 1.98 bits per heavy atom. The van der Waals surface area contributed by atoms with Crippen molar-refractivity contribution in [2.75, 3.05) is 6.61 Å². The number of aliphatic hydroxyl groups is 3. The van der Waals surface area contributed by atoms with Crippen LogP contribution in [0.5, 0.6) is 0 Å². The van der Waals surface area contributed by atoms with Crippen LogP contribution in [0.4, 0.5) is 0 Å². The van der Waals surface area contributed by atoms with Gasteiger partial charge in [0.2, 0.25) is 0 Å². The van der Waals surface area contributed by atoms with Crippen molar-refractivity contribution in [1.29, 1.82) is 0 Å². The number of hydrogen-bond acceptors (Lipinski definition) is 11. The Kier molecular flexibility index (Phi) is 12.7. The Morgan fingerprint density at radius 2 is 1.42 bits per heavy atom. The standard InChI is InChI=1S/C49H76O11/c1-15-26(3)41(54)58-37-29(6)56-43(36(53)38(37)59-42(55)27(4)16-2)60-39-40(57-30(7)51)49(25-50)32(23-44(39,8)9)31-17-18-34-46(12)21-19-28(5)45(10,11)33(46)20-22-47(34,13)48(31,14)24-35(49)52/h15-17,28-29,32-40,43,50,52-53H,18-25H2,1-14H3/b26-15-,27-16-/t28-,29?,32?,33?,34?,35+,36?,37-,38+,39-,40-,43-,46-,47+,48+,49-/m0/s1. The van der Waals surface area contributed by atoms with Crippen molar-refractivity contribution >= 4 is 17.9 Å². The van der Waals surface area contributed by atoms with Crippen LogP contribution in [0, 0.1) is 56.2 Å². The van der Waals surface area contributed by atoms with Gasteiger partial charge in [-0.15, -0.1) is 0 Å². The molecular weight excluding hydrogens is 765 g/mol. The largest absolute Gasteiger partial charge is 0.459 e. The zero-order valence-corrected chi connectivity index (χ0v) is 38.9. The molecule has 0 spiro atoms. The van der Waals surface area contributed by atoms with Gasteiger partial charge in [0, 0.05) is 18.1 Å². The number of fused-ring (bicyclic) bond motifs is 7. The van der Waals surface area contributed by atoms with Gasteiger partial charge in [-0.1, -0.05) is 79.2 Å². The van der Waals surface area contributed by atoms with Crippen molar-refractivity contribution in [1.82, 2.24) is 0 Å². The Bertz CT molecular complexity index is 1780. The fourth-order valence-electron chi connectivity index (χ4n) is 13.8. The maximum Gasteiger partial charge on any atom is 0.333 e. The Hall–Kier alpha value is -2.57. The first-order chi connectivity index (χ1) is 27.8. The topological polar surface area (TPSA) is 158 Å². The maximum absolute atomic E-state index is 13.2. The third-order valence-corrected chi connectivity index (χ3v) is 18.2. The summed E-state index contributed by atoms with van der Waals surface area (Å²) >= 11 is 0. The number of carbonyl (C=O) groups is 3. The number of rotatable bonds is 8. The summed E-state index contributed by atoms with van der Waals surface area (Å²) < 4.78 is 31.0. The Balaban J connectivity index is 1.38. The highest BCUT2D eigenvalue weighted by Gasteiger charge is 2.73. The van der Waals surface area contributed by atoms with E-state index in [9.17, 15) is 29.7 Å². The second-order valence-electron chi connectivity index (χ2n) is 21.8. The molecule has 0 amide bonds. The lowest BCUT2D eigenvalue weighted by molar-refractivity contribution is -0.342. The molecule has 0 radical (unpaired) electrons. The summed E-state index contributed by atoms with van der Waals surface area (Å²) in [6, 6.07) is 0. The van der Waals surface area contributed by atoms with E-state index in [-0.39, 0.29) is 27.6 Å². The van der Waals surface area contributed by atoms with Crippen molar-refractivity contribution in [3.63, 3.8) is 0 Å². The summed E-state index contributed by atoms with van der Waals surface area (Å²) in [5.74, 6) is -0.623. The molecule has 0 aromatic rings. The Morgan fingerprint density at radius 1 is 0.817 bits per heavy atom. The smallest absolute Gasteiger partial charge is 0.333 e. The quantitative estimate of drug-likeness (QED) is 0.0721. The fourth-order valence-corrected chi connectivity index (χ4v) is 13.8. The molecule has 4 saturated carbocycles. The molecule has 5 unspecified atom stereocenters. The normalized spacial score (nSPS) is 46.0. The molecule has 5 aliphatic carbocycles. The van der Waals surface area contributed by atoms with Crippen molar-refractivity contribution in [2.24, 2.45) is 56.2 Å². The molecule has 0 bridgehead atoms. The van der Waals surface area contributed by atoms with Gasteiger partial charge in [-0.2, -0.15) is 0 Å². The molecule has 6 aliphatic rings. The molecule has 60 heavy (non-hydrogen) atoms. The molecule has 1 heterocycles. The molecule has 1 saturated heterocycles. The highest BCUT2D eigenvalue weighted by Crippen LogP contribution is 2.76. The number of allylic oxidation sites excluding steroid dienone is 4. The van der Waals surface area contributed by atoms with Crippen LogP contribution in [-0.4, -0.2) is 88.9 Å². The molecule has 11 heteroatoms. The summed E-state index contributed by atoms with van der Waals surface area (Å²) in [6.45, 7) is 27.8. The molecule has 11 nitrogen and oxygen atoms in total. The summed E-state index contributed by atoms with van der Waals surface area (Å²) in [7, 11) is 0. The van der Waals surface area contributed by atoms with Crippen LogP contribution < -0.4 is 0 Å². The Labute approximate surface area is 359 Å². The third-order valence-electron chi connectivity index (χ3n) is 18.2. The first kappa shape index (κ1) is 46.9. The number of esters is 3. The van der Waals surface area contributed by atoms with E-state index in [0.29, 0.717) is 41.7 Å². The molecule has 5 fully saturated rings. The minimum absolute atomic E-state index is 0.116. The van der Waals surface area contributed by atoms with Gasteiger partial charge in [-0.25, -0.2) is 9.59 Å². The minimum atomic E-state index is -1.64. The molecule has 1 aliphatic heterocycles. The van der Waals surface area contributed by atoms with E-state index in [0.717, 1.165) is 19.3 Å². The molecule has 6 rings (SSSR count). The van der Waals surface area contributed by atoms with Crippen LogP contribution in [0.1, 0.15) is 142 Å². The predicted octanol–water partition coefficient (Wildman–Crippen LogP) is 7.79. The lowest BCUT2D eigenvalue weighted by Gasteiger charge is -2.72. The van der Waals surface area contributed by atoms with Gasteiger partial charge in [-0.3, -0.25) is 4.79 Å². The first-order valence-electron chi connectivity index (χ1n) is 22.7. The predicted molar refractivity (Wildman–Crippen MR) is 227 cm³/mol. The molecule has 16 atom stereocenters. The van der Waals surface area contributed by atoms with Crippen LogP contribution >= 0.6 is 0 Å². The van der Waals surface area contributed by atoms with Crippen LogP contribution in [0.15, 0.2) is 34.9 Å². The van der Waals surface area contributed by atoms with Gasteiger partial charge in [0.15, 0.2) is 18.5 Å². The zero-order valence-electron chi connectivity index (χ0n) is 38.9. The molecule has 338 valence electrons. The van der Waals surface area contributed by atoms with Crippen LogP contribution in [-0.2, 0) is 38.1 Å². The molecule has 0 aromatic carbocycles. The monoisotopic (exact) mass is 841 g/mol. The summed E-state index contributed by atoms with van der Waals surface area (Å²) in [6.07, 6.45) is 2.20. The van der Waals surface area contributed by atoms with Crippen molar-refractivity contribution < 1.29 is 53.4 Å². The van der Waals surface area contributed by atoms with E-state index in [2.05, 4.69) is 47.6 Å². The average molecular weight is 841 g/mol. The van der Waals surface area contributed by atoms with Crippen LogP contribution in [0.2, 0.25) is 0 Å². The first-order valence-corrected chi connectivity index (χ1v) is 22.7. The van der Waals surface area contributed by atoms with E-state index < -0.39 is 84.4 Å². The fraction of sp³-hybridized carbons (Fsp3) is 0.816.